The summed E-state index contributed by atoms with van der Waals surface area (Å²) in [5.41, 5.74) is 1.09. The first kappa shape index (κ1) is 23.1. The highest BCUT2D eigenvalue weighted by Gasteiger charge is 2.30. The number of ether oxygens (including phenoxy) is 1. The van der Waals surface area contributed by atoms with E-state index in [9.17, 15) is 14.4 Å². The summed E-state index contributed by atoms with van der Waals surface area (Å²) in [6.45, 7) is 8.57. The Hall–Kier alpha value is -2.57. The molecule has 0 aliphatic carbocycles. The van der Waals surface area contributed by atoms with Gasteiger partial charge in [0.2, 0.25) is 5.91 Å². The Balaban J connectivity index is 1.48. The van der Waals surface area contributed by atoms with Crippen LogP contribution in [0.15, 0.2) is 24.3 Å². The Kier molecular flexibility index (Phi) is 7.57. The minimum Gasteiger partial charge on any atom is -0.444 e. The van der Waals surface area contributed by atoms with E-state index in [0.717, 1.165) is 44.3 Å². The summed E-state index contributed by atoms with van der Waals surface area (Å²) in [5, 5.41) is 2.98. The number of hydrogen-bond acceptors (Lipinski definition) is 4. The largest absolute Gasteiger partial charge is 0.444 e. The van der Waals surface area contributed by atoms with Crippen LogP contribution in [0.4, 0.5) is 4.79 Å². The van der Waals surface area contributed by atoms with Crippen LogP contribution >= 0.6 is 0 Å². The molecule has 2 aliphatic rings. The van der Waals surface area contributed by atoms with Crippen molar-refractivity contribution in [2.45, 2.75) is 65.0 Å². The Morgan fingerprint density at radius 1 is 0.968 bits per heavy atom. The molecule has 1 N–H and O–H groups in total. The van der Waals surface area contributed by atoms with Crippen molar-refractivity contribution in [1.29, 1.82) is 0 Å². The maximum Gasteiger partial charge on any atom is 0.410 e. The van der Waals surface area contributed by atoms with Crippen LogP contribution in [0.5, 0.6) is 0 Å². The Labute approximate surface area is 185 Å². The first-order valence-electron chi connectivity index (χ1n) is 11.4. The summed E-state index contributed by atoms with van der Waals surface area (Å²) in [7, 11) is 0. The van der Waals surface area contributed by atoms with Gasteiger partial charge in [-0.3, -0.25) is 9.59 Å². The smallest absolute Gasteiger partial charge is 0.410 e. The third kappa shape index (κ3) is 6.71. The van der Waals surface area contributed by atoms with Crippen LogP contribution in [-0.2, 0) is 16.1 Å². The normalized spacial score (nSPS) is 19.6. The zero-order valence-corrected chi connectivity index (χ0v) is 19.0. The van der Waals surface area contributed by atoms with Crippen molar-refractivity contribution in [2.75, 3.05) is 26.2 Å². The van der Waals surface area contributed by atoms with E-state index in [1.807, 2.05) is 49.9 Å². The van der Waals surface area contributed by atoms with Crippen molar-refractivity contribution in [3.8, 4) is 0 Å². The summed E-state index contributed by atoms with van der Waals surface area (Å²) in [6, 6.07) is 7.46. The quantitative estimate of drug-likeness (QED) is 0.794. The SMILES string of the molecule is CC(C)(C)OC(=O)N1CCCC(C(=O)NCc2ccc(C(=O)N3CCCCC3)cc2)C1. The standard InChI is InChI=1S/C24H35N3O4/c1-24(2,3)31-23(30)27-15-7-8-20(17-27)21(28)25-16-18-9-11-19(12-10-18)22(29)26-13-5-4-6-14-26/h9-12,20H,4-8,13-17H2,1-3H3,(H,25,28). The van der Waals surface area contributed by atoms with Gasteiger partial charge in [-0.15, -0.1) is 0 Å². The van der Waals surface area contributed by atoms with Gasteiger partial charge in [0.15, 0.2) is 0 Å². The van der Waals surface area contributed by atoms with Crippen LogP contribution in [0.2, 0.25) is 0 Å². The molecule has 7 heteroatoms. The number of amides is 3. The molecule has 31 heavy (non-hydrogen) atoms. The number of benzene rings is 1. The van der Waals surface area contributed by atoms with Gasteiger partial charge in [0, 0.05) is 38.3 Å². The number of nitrogens with zero attached hydrogens (tertiary/aromatic N) is 2. The first-order valence-corrected chi connectivity index (χ1v) is 11.4. The minimum atomic E-state index is -0.548. The summed E-state index contributed by atoms with van der Waals surface area (Å²) >= 11 is 0. The van der Waals surface area contributed by atoms with Crippen molar-refractivity contribution in [3.05, 3.63) is 35.4 Å². The van der Waals surface area contributed by atoms with Crippen LogP contribution in [-0.4, -0.2) is 59.5 Å². The van der Waals surface area contributed by atoms with Gasteiger partial charge >= 0.3 is 6.09 Å². The zero-order valence-electron chi connectivity index (χ0n) is 19.0. The molecule has 1 unspecified atom stereocenters. The van der Waals surface area contributed by atoms with Gasteiger partial charge in [0.05, 0.1) is 5.92 Å². The number of rotatable bonds is 4. The number of carbonyl (C=O) groups excluding carboxylic acids is 3. The van der Waals surface area contributed by atoms with Gasteiger partial charge in [0.25, 0.3) is 5.91 Å². The highest BCUT2D eigenvalue weighted by molar-refractivity contribution is 5.94. The molecule has 0 saturated carbocycles. The van der Waals surface area contributed by atoms with Crippen molar-refractivity contribution in [2.24, 2.45) is 5.92 Å². The van der Waals surface area contributed by atoms with Crippen molar-refractivity contribution < 1.29 is 19.1 Å². The van der Waals surface area contributed by atoms with Crippen LogP contribution in [0.3, 0.4) is 0 Å². The molecule has 2 saturated heterocycles. The van der Waals surface area contributed by atoms with Crippen molar-refractivity contribution in [3.63, 3.8) is 0 Å². The highest BCUT2D eigenvalue weighted by Crippen LogP contribution is 2.20. The summed E-state index contributed by atoms with van der Waals surface area (Å²) < 4.78 is 5.43. The van der Waals surface area contributed by atoms with Crippen LogP contribution in [0.25, 0.3) is 0 Å². The lowest BCUT2D eigenvalue weighted by molar-refractivity contribution is -0.126. The maximum absolute atomic E-state index is 12.7. The van der Waals surface area contributed by atoms with E-state index in [2.05, 4.69) is 5.32 Å². The first-order chi connectivity index (χ1) is 14.7. The number of likely N-dealkylation sites (tertiary alicyclic amines) is 2. The lowest BCUT2D eigenvalue weighted by Gasteiger charge is -2.33. The van der Waals surface area contributed by atoms with E-state index in [-0.39, 0.29) is 23.8 Å². The predicted octanol–water partition coefficient (Wildman–Crippen LogP) is 3.58. The maximum atomic E-state index is 12.7. The fourth-order valence-electron chi connectivity index (χ4n) is 4.06. The van der Waals surface area contributed by atoms with E-state index >= 15 is 0 Å². The summed E-state index contributed by atoms with van der Waals surface area (Å²) in [6.07, 6.45) is 4.52. The number of carbonyl (C=O) groups is 3. The summed E-state index contributed by atoms with van der Waals surface area (Å²) in [5.74, 6) is -0.206. The molecule has 7 nitrogen and oxygen atoms in total. The molecule has 2 fully saturated rings. The second-order valence-electron chi connectivity index (χ2n) is 9.53. The second kappa shape index (κ2) is 10.2. The molecule has 3 rings (SSSR count). The fraction of sp³-hybridized carbons (Fsp3) is 0.625. The zero-order chi connectivity index (χ0) is 22.4. The fourth-order valence-corrected chi connectivity index (χ4v) is 4.06. The molecule has 1 aromatic rings. The lowest BCUT2D eigenvalue weighted by atomic mass is 9.97. The Morgan fingerprint density at radius 2 is 1.61 bits per heavy atom. The number of hydrogen-bond donors (Lipinski definition) is 1. The topological polar surface area (TPSA) is 79.0 Å². The second-order valence-corrected chi connectivity index (χ2v) is 9.53. The van der Waals surface area contributed by atoms with Gasteiger partial charge in [-0.1, -0.05) is 12.1 Å². The van der Waals surface area contributed by atoms with Gasteiger partial charge in [-0.05, 0) is 70.6 Å². The van der Waals surface area contributed by atoms with Crippen molar-refractivity contribution >= 4 is 17.9 Å². The third-order valence-electron chi connectivity index (χ3n) is 5.75. The van der Waals surface area contributed by atoms with Crippen LogP contribution in [0, 0.1) is 5.92 Å². The van der Waals surface area contributed by atoms with E-state index < -0.39 is 5.60 Å². The van der Waals surface area contributed by atoms with Gasteiger partial charge in [0.1, 0.15) is 5.60 Å². The average molecular weight is 430 g/mol. The molecule has 3 amide bonds. The highest BCUT2D eigenvalue weighted by atomic mass is 16.6. The Morgan fingerprint density at radius 3 is 2.26 bits per heavy atom. The average Bonchev–Trinajstić information content (AvgIpc) is 2.77. The molecule has 1 atom stereocenters. The molecule has 0 aromatic heterocycles. The van der Waals surface area contributed by atoms with Gasteiger partial charge in [-0.2, -0.15) is 0 Å². The molecule has 2 heterocycles. The Bertz CT molecular complexity index is 779. The summed E-state index contributed by atoms with van der Waals surface area (Å²) in [4.78, 5) is 41.1. The molecular formula is C24H35N3O4. The predicted molar refractivity (Wildman–Crippen MR) is 119 cm³/mol. The van der Waals surface area contributed by atoms with Crippen LogP contribution in [0.1, 0.15) is 68.8 Å². The lowest BCUT2D eigenvalue weighted by Crippen LogP contribution is -2.46. The van der Waals surface area contributed by atoms with Gasteiger partial charge < -0.3 is 19.9 Å². The van der Waals surface area contributed by atoms with E-state index in [4.69, 9.17) is 4.74 Å². The van der Waals surface area contributed by atoms with E-state index in [1.165, 1.54) is 6.42 Å². The molecule has 0 radical (unpaired) electrons. The van der Waals surface area contributed by atoms with Gasteiger partial charge in [-0.25, -0.2) is 4.79 Å². The number of nitrogens with one attached hydrogen (secondary N) is 1. The van der Waals surface area contributed by atoms with E-state index in [0.29, 0.717) is 25.2 Å². The molecule has 0 bridgehead atoms. The molecule has 170 valence electrons. The molecule has 2 aliphatic heterocycles. The molecule has 1 aromatic carbocycles. The van der Waals surface area contributed by atoms with Crippen molar-refractivity contribution in [1.82, 2.24) is 15.1 Å². The minimum absolute atomic E-state index is 0.0540. The molecule has 0 spiro atoms. The van der Waals surface area contributed by atoms with E-state index in [1.54, 1.807) is 4.90 Å². The third-order valence-corrected chi connectivity index (χ3v) is 5.75. The van der Waals surface area contributed by atoms with Crippen LogP contribution < -0.4 is 5.32 Å². The monoisotopic (exact) mass is 429 g/mol. The molecular weight excluding hydrogens is 394 g/mol. The number of piperidine rings is 2.